The predicted molar refractivity (Wildman–Crippen MR) is 60.2 cm³/mol. The number of hydrogen-bond donors (Lipinski definition) is 2. The normalized spacial score (nSPS) is 43.8. The molecule has 0 aromatic carbocycles. The molecule has 0 radical (unpaired) electrons. The monoisotopic (exact) mass is 269 g/mol. The molecule has 5 atom stereocenters. The third-order valence-corrected chi connectivity index (χ3v) is 4.64. The van der Waals surface area contributed by atoms with Crippen LogP contribution in [0.2, 0.25) is 0 Å². The number of rotatable bonds is 2. The summed E-state index contributed by atoms with van der Waals surface area (Å²) in [7, 11) is 1.72. The molecule has 17 heavy (non-hydrogen) atoms. The molecule has 2 heterocycles. The second kappa shape index (κ2) is 5.36. The Morgan fingerprint density at radius 2 is 2.24 bits per heavy atom. The first-order chi connectivity index (χ1) is 8.02. The van der Waals surface area contributed by atoms with Crippen molar-refractivity contribution in [2.75, 3.05) is 20.2 Å². The summed E-state index contributed by atoms with van der Waals surface area (Å²) in [6.07, 6.45) is -3.15. The van der Waals surface area contributed by atoms with Crippen molar-refractivity contribution in [3.05, 3.63) is 0 Å². The van der Waals surface area contributed by atoms with Crippen LogP contribution >= 0.6 is 11.8 Å². The summed E-state index contributed by atoms with van der Waals surface area (Å²) < 4.78 is 31.0. The molecule has 2 N–H and O–H groups in total. The van der Waals surface area contributed by atoms with E-state index in [1.807, 2.05) is 0 Å². The van der Waals surface area contributed by atoms with Gasteiger partial charge in [0.2, 0.25) is 0 Å². The van der Waals surface area contributed by atoms with Gasteiger partial charge in [0.15, 0.2) is 0 Å². The first kappa shape index (κ1) is 13.5. The lowest BCUT2D eigenvalue weighted by molar-refractivity contribution is -0.128. The predicted octanol–water partition coefficient (Wildman–Crippen LogP) is 0.135. The number of hydrogen-bond acceptors (Lipinski definition) is 5. The van der Waals surface area contributed by atoms with Gasteiger partial charge >= 0.3 is 0 Å². The average Bonchev–Trinajstić information content (AvgIpc) is 2.27. The minimum absolute atomic E-state index is 0.191. The summed E-state index contributed by atoms with van der Waals surface area (Å²) in [5.41, 5.74) is -0.492. The lowest BCUT2D eigenvalue weighted by atomic mass is 10.00. The highest BCUT2D eigenvalue weighted by atomic mass is 32.2. The Hall–Kier alpha value is 0.0500. The van der Waals surface area contributed by atoms with E-state index in [9.17, 15) is 13.9 Å². The number of halogens is 2. The molecule has 4 nitrogen and oxygen atoms in total. The van der Waals surface area contributed by atoms with Crippen LogP contribution in [0.3, 0.4) is 0 Å². The number of fused-ring (bicyclic) bond motifs is 1. The van der Waals surface area contributed by atoms with Crippen molar-refractivity contribution in [2.24, 2.45) is 0 Å². The highest BCUT2D eigenvalue weighted by Crippen LogP contribution is 2.39. The molecule has 7 heteroatoms. The Morgan fingerprint density at radius 3 is 2.82 bits per heavy atom. The summed E-state index contributed by atoms with van der Waals surface area (Å²) in [5, 5.41) is 18.2. The van der Waals surface area contributed by atoms with Gasteiger partial charge in [0.05, 0.1) is 30.1 Å². The second-order valence-corrected chi connectivity index (χ2v) is 5.89. The number of alkyl halides is 2. The molecule has 0 aliphatic carbocycles. The number of likely N-dealkylation sites (N-methyl/N-ethyl adjacent to an activating group) is 1. The maximum Gasteiger partial charge on any atom is 0.251 e. The Morgan fingerprint density at radius 1 is 1.53 bits per heavy atom. The quantitative estimate of drug-likeness (QED) is 0.746. The fraction of sp³-hybridized carbons (Fsp3) is 1.00. The average molecular weight is 269 g/mol. The molecule has 0 amide bonds. The van der Waals surface area contributed by atoms with Crippen LogP contribution in [0.5, 0.6) is 0 Å². The molecule has 100 valence electrons. The van der Waals surface area contributed by atoms with Gasteiger partial charge in [0.25, 0.3) is 6.43 Å². The zero-order chi connectivity index (χ0) is 12.6. The Bertz CT molecular complexity index is 272. The molecule has 0 aromatic rings. The van der Waals surface area contributed by atoms with Crippen molar-refractivity contribution in [3.8, 4) is 0 Å². The zero-order valence-electron chi connectivity index (χ0n) is 9.50. The first-order valence-electron chi connectivity index (χ1n) is 5.61. The van der Waals surface area contributed by atoms with Gasteiger partial charge in [-0.25, -0.2) is 8.78 Å². The molecule has 2 rings (SSSR count). The summed E-state index contributed by atoms with van der Waals surface area (Å²) >= 11 is 1.07. The summed E-state index contributed by atoms with van der Waals surface area (Å²) in [6, 6.07) is -0.266. The van der Waals surface area contributed by atoms with Gasteiger partial charge in [-0.3, -0.25) is 4.90 Å². The van der Waals surface area contributed by atoms with Crippen LogP contribution < -0.4 is 0 Å². The van der Waals surface area contributed by atoms with Gasteiger partial charge < -0.3 is 14.9 Å². The van der Waals surface area contributed by atoms with Crippen LogP contribution in [-0.2, 0) is 4.74 Å². The van der Waals surface area contributed by atoms with Gasteiger partial charge in [0.1, 0.15) is 5.44 Å². The largest absolute Gasteiger partial charge is 0.394 e. The van der Waals surface area contributed by atoms with Crippen LogP contribution in [0.4, 0.5) is 8.78 Å². The topological polar surface area (TPSA) is 52.9 Å². The van der Waals surface area contributed by atoms with E-state index < -0.39 is 29.3 Å². The molecular formula is C10H17F2NO3S. The van der Waals surface area contributed by atoms with E-state index in [-0.39, 0.29) is 19.2 Å². The molecule has 0 saturated carbocycles. The van der Waals surface area contributed by atoms with E-state index in [1.165, 1.54) is 0 Å². The van der Waals surface area contributed by atoms with Gasteiger partial charge in [0, 0.05) is 13.0 Å². The number of aliphatic hydroxyl groups is 2. The Labute approximate surface area is 103 Å². The fourth-order valence-electron chi connectivity index (χ4n) is 2.41. The van der Waals surface area contributed by atoms with Crippen molar-refractivity contribution in [1.29, 1.82) is 0 Å². The molecule has 2 saturated heterocycles. The minimum atomic E-state index is -2.40. The van der Waals surface area contributed by atoms with Crippen molar-refractivity contribution in [3.63, 3.8) is 0 Å². The standard InChI is InChI=1S/C10H17F2NO3S/c1-13-3-7(9(11)12)17-10-8(13)6(15)2-5(4-14)16-10/h5-10,14-15H,2-4H2,1H3. The Kier molecular flexibility index (Phi) is 4.25. The molecule has 2 fully saturated rings. The molecule has 2 aliphatic heterocycles. The van der Waals surface area contributed by atoms with Gasteiger partial charge in [-0.05, 0) is 7.05 Å². The number of aliphatic hydroxyl groups excluding tert-OH is 2. The molecular weight excluding hydrogens is 252 g/mol. The first-order valence-corrected chi connectivity index (χ1v) is 6.55. The van der Waals surface area contributed by atoms with Gasteiger partial charge in [-0.2, -0.15) is 0 Å². The van der Waals surface area contributed by atoms with Crippen LogP contribution in [-0.4, -0.2) is 70.7 Å². The van der Waals surface area contributed by atoms with E-state index >= 15 is 0 Å². The maximum absolute atomic E-state index is 12.7. The minimum Gasteiger partial charge on any atom is -0.394 e. The van der Waals surface area contributed by atoms with E-state index in [1.54, 1.807) is 11.9 Å². The van der Waals surface area contributed by atoms with Crippen molar-refractivity contribution >= 4 is 11.8 Å². The second-order valence-electron chi connectivity index (χ2n) is 4.55. The fourth-order valence-corrected chi connectivity index (χ4v) is 3.96. The van der Waals surface area contributed by atoms with Crippen molar-refractivity contribution < 1.29 is 23.7 Å². The molecule has 0 spiro atoms. The zero-order valence-corrected chi connectivity index (χ0v) is 10.3. The lowest BCUT2D eigenvalue weighted by Gasteiger charge is -2.48. The number of ether oxygens (including phenoxy) is 1. The SMILES string of the molecule is CN1CC(C(F)F)SC2OC(CO)CC(O)C21. The highest BCUT2D eigenvalue weighted by molar-refractivity contribution is 8.00. The van der Waals surface area contributed by atoms with Gasteiger partial charge in [-0.1, -0.05) is 0 Å². The summed E-state index contributed by atoms with van der Waals surface area (Å²) in [5.74, 6) is 0. The molecule has 0 aromatic heterocycles. The molecule has 0 bridgehead atoms. The van der Waals surface area contributed by atoms with E-state index in [0.29, 0.717) is 6.42 Å². The lowest BCUT2D eigenvalue weighted by Crippen LogP contribution is -2.60. The van der Waals surface area contributed by atoms with Crippen LogP contribution in [0.15, 0.2) is 0 Å². The van der Waals surface area contributed by atoms with Crippen LogP contribution in [0.1, 0.15) is 6.42 Å². The van der Waals surface area contributed by atoms with Crippen molar-refractivity contribution in [1.82, 2.24) is 4.90 Å². The maximum atomic E-state index is 12.7. The number of thioether (sulfide) groups is 1. The Balaban J connectivity index is 2.08. The summed E-state index contributed by atoms with van der Waals surface area (Å²) in [6.45, 7) is 0.0532. The van der Waals surface area contributed by atoms with E-state index in [4.69, 9.17) is 9.84 Å². The van der Waals surface area contributed by atoms with Crippen LogP contribution in [0.25, 0.3) is 0 Å². The van der Waals surface area contributed by atoms with Crippen LogP contribution in [0, 0.1) is 0 Å². The van der Waals surface area contributed by atoms with Gasteiger partial charge in [-0.15, -0.1) is 11.8 Å². The molecule has 5 unspecified atom stereocenters. The van der Waals surface area contributed by atoms with E-state index in [2.05, 4.69) is 0 Å². The smallest absolute Gasteiger partial charge is 0.251 e. The highest BCUT2D eigenvalue weighted by Gasteiger charge is 2.46. The third kappa shape index (κ3) is 2.73. The number of nitrogens with zero attached hydrogens (tertiary/aromatic N) is 1. The summed E-state index contributed by atoms with van der Waals surface area (Å²) in [4.78, 5) is 1.73. The molecule has 2 aliphatic rings. The van der Waals surface area contributed by atoms with E-state index in [0.717, 1.165) is 11.8 Å². The third-order valence-electron chi connectivity index (χ3n) is 3.27. The van der Waals surface area contributed by atoms with Crippen molar-refractivity contribution in [2.45, 2.75) is 41.8 Å².